The first kappa shape index (κ1) is 18.1. The van der Waals surface area contributed by atoms with Crippen LogP contribution in [0.5, 0.6) is 0 Å². The molecule has 0 spiro atoms. The molecule has 0 bridgehead atoms. The highest BCUT2D eigenvalue weighted by atomic mass is 32.2. The first-order valence-electron chi connectivity index (χ1n) is 8.56. The van der Waals surface area contributed by atoms with Crippen LogP contribution in [0.2, 0.25) is 0 Å². The van der Waals surface area contributed by atoms with Crippen molar-refractivity contribution in [3.63, 3.8) is 0 Å². The van der Waals surface area contributed by atoms with Gasteiger partial charge in [0.05, 0.1) is 4.90 Å². The van der Waals surface area contributed by atoms with Gasteiger partial charge in [0.1, 0.15) is 5.60 Å². The van der Waals surface area contributed by atoms with Gasteiger partial charge in [0, 0.05) is 21.5 Å². The van der Waals surface area contributed by atoms with E-state index in [0.717, 1.165) is 20.3 Å². The quantitative estimate of drug-likeness (QED) is 0.529. The van der Waals surface area contributed by atoms with Crippen molar-refractivity contribution in [3.8, 4) is 0 Å². The molecule has 4 aromatic rings. The number of hydrogen-bond acceptors (Lipinski definition) is 4. The van der Waals surface area contributed by atoms with Crippen LogP contribution < -0.4 is 4.72 Å². The van der Waals surface area contributed by atoms with E-state index in [9.17, 15) is 13.5 Å². The number of nitrogens with one attached hydrogen (secondary N) is 1. The molecule has 1 heterocycles. The van der Waals surface area contributed by atoms with Gasteiger partial charge in [-0.1, -0.05) is 54.6 Å². The van der Waals surface area contributed by atoms with E-state index in [4.69, 9.17) is 0 Å². The number of sulfonamides is 1. The number of benzene rings is 3. The average molecular weight is 398 g/mol. The van der Waals surface area contributed by atoms with Crippen molar-refractivity contribution >= 4 is 42.2 Å². The minimum atomic E-state index is -3.76. The number of thiophene rings is 1. The lowest BCUT2D eigenvalue weighted by Gasteiger charge is -2.22. The molecular formula is C21H19NO3S2. The van der Waals surface area contributed by atoms with Crippen molar-refractivity contribution in [2.45, 2.75) is 17.4 Å². The van der Waals surface area contributed by atoms with Crippen molar-refractivity contribution < 1.29 is 13.5 Å². The Hall–Kier alpha value is -2.25. The van der Waals surface area contributed by atoms with Gasteiger partial charge < -0.3 is 5.11 Å². The third kappa shape index (κ3) is 3.49. The summed E-state index contributed by atoms with van der Waals surface area (Å²) in [6.07, 6.45) is 0. The van der Waals surface area contributed by atoms with Gasteiger partial charge in [-0.3, -0.25) is 0 Å². The second-order valence-corrected chi connectivity index (χ2v) is 9.54. The Balaban J connectivity index is 1.62. The fourth-order valence-electron chi connectivity index (χ4n) is 3.08. The molecule has 3 aromatic carbocycles. The molecule has 6 heteroatoms. The van der Waals surface area contributed by atoms with Crippen molar-refractivity contribution in [2.75, 3.05) is 6.54 Å². The molecule has 2 N–H and O–H groups in total. The van der Waals surface area contributed by atoms with Gasteiger partial charge in [0.2, 0.25) is 10.0 Å². The van der Waals surface area contributed by atoms with Crippen LogP contribution in [0.1, 0.15) is 11.8 Å². The largest absolute Gasteiger partial charge is 0.383 e. The van der Waals surface area contributed by atoms with Gasteiger partial charge >= 0.3 is 0 Å². The van der Waals surface area contributed by atoms with Crippen molar-refractivity contribution in [1.82, 2.24) is 4.72 Å². The summed E-state index contributed by atoms with van der Waals surface area (Å²) in [6.45, 7) is 1.52. The third-order valence-electron chi connectivity index (χ3n) is 4.60. The molecule has 0 amide bonds. The smallest absolute Gasteiger partial charge is 0.241 e. The zero-order chi connectivity index (χ0) is 19.1. The van der Waals surface area contributed by atoms with E-state index < -0.39 is 15.6 Å². The first-order valence-corrected chi connectivity index (χ1v) is 10.9. The standard InChI is InChI=1S/C21H19NO3S2/c1-21(23,20-13-16-8-3-5-11-18(16)26-20)14-22-27(24,25)19-12-6-9-15-7-2-4-10-17(15)19/h2-13,22-23H,14H2,1H3. The molecule has 0 fully saturated rings. The molecule has 4 nitrogen and oxygen atoms in total. The van der Waals surface area contributed by atoms with E-state index in [1.165, 1.54) is 11.3 Å². The molecule has 0 saturated carbocycles. The number of fused-ring (bicyclic) bond motifs is 2. The lowest BCUT2D eigenvalue weighted by molar-refractivity contribution is 0.0667. The van der Waals surface area contributed by atoms with Crippen LogP contribution >= 0.6 is 11.3 Å². The fraction of sp³-hybridized carbons (Fsp3) is 0.143. The Morgan fingerprint density at radius 3 is 2.41 bits per heavy atom. The van der Waals surface area contributed by atoms with Crippen molar-refractivity contribution in [2.24, 2.45) is 0 Å². The summed E-state index contributed by atoms with van der Waals surface area (Å²) in [6, 6.07) is 22.3. The highest BCUT2D eigenvalue weighted by Gasteiger charge is 2.28. The lowest BCUT2D eigenvalue weighted by Crippen LogP contribution is -2.38. The Bertz CT molecular complexity index is 1190. The maximum absolute atomic E-state index is 12.9. The van der Waals surface area contributed by atoms with Crippen molar-refractivity contribution in [3.05, 3.63) is 77.7 Å². The van der Waals surface area contributed by atoms with E-state index in [1.54, 1.807) is 25.1 Å². The summed E-state index contributed by atoms with van der Waals surface area (Å²) in [5, 5.41) is 13.4. The molecule has 27 heavy (non-hydrogen) atoms. The summed E-state index contributed by atoms with van der Waals surface area (Å²) in [4.78, 5) is 0.942. The SMILES string of the molecule is CC(O)(CNS(=O)(=O)c1cccc2ccccc12)c1cc2ccccc2s1. The summed E-state index contributed by atoms with van der Waals surface area (Å²) >= 11 is 1.47. The van der Waals surface area contributed by atoms with Gasteiger partial charge in [0.25, 0.3) is 0 Å². The Labute approximate surface area is 162 Å². The second-order valence-electron chi connectivity index (χ2n) is 6.72. The van der Waals surface area contributed by atoms with E-state index in [0.29, 0.717) is 5.39 Å². The molecule has 0 saturated heterocycles. The van der Waals surface area contributed by atoms with Gasteiger partial charge in [-0.15, -0.1) is 11.3 Å². The minimum absolute atomic E-state index is 0.106. The van der Waals surface area contributed by atoms with Gasteiger partial charge in [-0.2, -0.15) is 0 Å². The summed E-state index contributed by atoms with van der Waals surface area (Å²) < 4.78 is 29.4. The van der Waals surface area contributed by atoms with Crippen LogP contribution in [0.3, 0.4) is 0 Å². The molecule has 0 aliphatic rings. The fourth-order valence-corrected chi connectivity index (χ4v) is 5.54. The molecule has 1 aromatic heterocycles. The molecule has 1 atom stereocenters. The van der Waals surface area contributed by atoms with Gasteiger partial charge in [-0.05, 0) is 35.9 Å². The molecule has 0 radical (unpaired) electrons. The molecule has 1 unspecified atom stereocenters. The second kappa shape index (κ2) is 6.73. The highest BCUT2D eigenvalue weighted by molar-refractivity contribution is 7.89. The molecule has 0 aliphatic heterocycles. The monoisotopic (exact) mass is 397 g/mol. The minimum Gasteiger partial charge on any atom is -0.383 e. The number of rotatable bonds is 5. The Morgan fingerprint density at radius 1 is 0.963 bits per heavy atom. The maximum atomic E-state index is 12.9. The average Bonchev–Trinajstić information content (AvgIpc) is 3.11. The first-order chi connectivity index (χ1) is 12.9. The Kier molecular flexibility index (Phi) is 4.52. The summed E-state index contributed by atoms with van der Waals surface area (Å²) in [7, 11) is -3.76. The van der Waals surface area contributed by atoms with E-state index in [2.05, 4.69) is 4.72 Å². The normalized spacial score (nSPS) is 14.4. The summed E-state index contributed by atoms with van der Waals surface area (Å²) in [5.74, 6) is 0. The van der Waals surface area contributed by atoms with Crippen LogP contribution in [0, 0.1) is 0 Å². The van der Waals surface area contributed by atoms with Crippen molar-refractivity contribution in [1.29, 1.82) is 0 Å². The van der Waals surface area contributed by atoms with Crippen LogP contribution in [-0.2, 0) is 15.6 Å². The lowest BCUT2D eigenvalue weighted by atomic mass is 10.1. The zero-order valence-corrected chi connectivity index (χ0v) is 16.3. The molecule has 138 valence electrons. The van der Waals surface area contributed by atoms with E-state index >= 15 is 0 Å². The number of hydrogen-bond donors (Lipinski definition) is 2. The predicted octanol–water partition coefficient (Wildman–Crippen LogP) is 4.24. The highest BCUT2D eigenvalue weighted by Crippen LogP contribution is 2.33. The summed E-state index contributed by atoms with van der Waals surface area (Å²) in [5.41, 5.74) is -1.30. The van der Waals surface area contributed by atoms with Gasteiger partial charge in [0.15, 0.2) is 0 Å². The molecule has 0 aliphatic carbocycles. The third-order valence-corrected chi connectivity index (χ3v) is 7.43. The maximum Gasteiger partial charge on any atom is 0.241 e. The zero-order valence-electron chi connectivity index (χ0n) is 14.7. The topological polar surface area (TPSA) is 66.4 Å². The predicted molar refractivity (Wildman–Crippen MR) is 111 cm³/mol. The molecular weight excluding hydrogens is 378 g/mol. The van der Waals surface area contributed by atoms with Crippen LogP contribution in [0.25, 0.3) is 20.9 Å². The number of aliphatic hydroxyl groups is 1. The van der Waals surface area contributed by atoms with Crippen LogP contribution in [0.4, 0.5) is 0 Å². The van der Waals surface area contributed by atoms with Gasteiger partial charge in [-0.25, -0.2) is 13.1 Å². The van der Waals surface area contributed by atoms with E-state index in [-0.39, 0.29) is 11.4 Å². The Morgan fingerprint density at radius 2 is 1.63 bits per heavy atom. The van der Waals surface area contributed by atoms with E-state index in [1.807, 2.05) is 54.6 Å². The van der Waals surface area contributed by atoms with Crippen LogP contribution in [-0.4, -0.2) is 20.1 Å². The molecule has 4 rings (SSSR count). The van der Waals surface area contributed by atoms with Crippen LogP contribution in [0.15, 0.2) is 77.7 Å².